The monoisotopic (exact) mass is 966 g/mol. The summed E-state index contributed by atoms with van der Waals surface area (Å²) in [6, 6.07) is 100.0. The van der Waals surface area contributed by atoms with E-state index in [0.29, 0.717) is 0 Å². The van der Waals surface area contributed by atoms with E-state index in [1.807, 2.05) is 0 Å². The number of nitrogens with zero attached hydrogens (tertiary/aromatic N) is 2. The van der Waals surface area contributed by atoms with E-state index >= 15 is 0 Å². The lowest BCUT2D eigenvalue weighted by Gasteiger charge is -2.32. The Morgan fingerprint density at radius 3 is 1.64 bits per heavy atom. The van der Waals surface area contributed by atoms with Gasteiger partial charge in [-0.1, -0.05) is 220 Å². The van der Waals surface area contributed by atoms with Gasteiger partial charge in [0.25, 0.3) is 0 Å². The van der Waals surface area contributed by atoms with Gasteiger partial charge in [-0.15, -0.1) is 0 Å². The SMILES string of the molecule is CC1(C)c2ccccc2-c2ccc(N(c3ccc(-c4ccc5c6ccccc6n(-c6ccccc6)c5c4)cc3)c3ccc(-c4cccc5c4C4(c6ccccc6-5)c5ccccc5-c5c4ccc4ccccc54)cc3)cc21. The van der Waals surface area contributed by atoms with Crippen LogP contribution in [0.4, 0.5) is 17.1 Å². The second-order valence-electron chi connectivity index (χ2n) is 21.5. The van der Waals surface area contributed by atoms with Crippen LogP contribution in [-0.4, -0.2) is 4.57 Å². The van der Waals surface area contributed by atoms with Crippen molar-refractivity contribution in [1.29, 1.82) is 0 Å². The van der Waals surface area contributed by atoms with E-state index in [1.165, 1.54) is 122 Å². The van der Waals surface area contributed by atoms with Crippen molar-refractivity contribution in [1.82, 2.24) is 4.57 Å². The van der Waals surface area contributed by atoms with Gasteiger partial charge in [0.05, 0.1) is 16.4 Å². The first-order valence-corrected chi connectivity index (χ1v) is 26.7. The first kappa shape index (κ1) is 43.0. The third-order valence-corrected chi connectivity index (χ3v) is 17.4. The minimum atomic E-state index is -0.484. The predicted octanol–water partition coefficient (Wildman–Crippen LogP) is 19.4. The molecular weight excluding hydrogens is 917 g/mol. The summed E-state index contributed by atoms with van der Waals surface area (Å²) in [6.07, 6.45) is 0. The molecule has 0 aliphatic heterocycles. The Morgan fingerprint density at radius 2 is 0.868 bits per heavy atom. The van der Waals surface area contributed by atoms with E-state index in [9.17, 15) is 0 Å². The predicted molar refractivity (Wildman–Crippen MR) is 318 cm³/mol. The summed E-state index contributed by atoms with van der Waals surface area (Å²) in [5.74, 6) is 0. The lowest BCUT2D eigenvalue weighted by Crippen LogP contribution is -2.26. The molecule has 0 radical (unpaired) electrons. The minimum absolute atomic E-state index is 0.146. The number of anilines is 3. The molecule has 2 nitrogen and oxygen atoms in total. The van der Waals surface area contributed by atoms with E-state index in [4.69, 9.17) is 0 Å². The van der Waals surface area contributed by atoms with Crippen LogP contribution >= 0.6 is 0 Å². The summed E-state index contributed by atoms with van der Waals surface area (Å²) in [5, 5.41) is 5.08. The van der Waals surface area contributed by atoms with Crippen molar-refractivity contribution in [2.45, 2.75) is 24.7 Å². The fourth-order valence-corrected chi connectivity index (χ4v) is 14.1. The van der Waals surface area contributed by atoms with Crippen molar-refractivity contribution in [2.24, 2.45) is 0 Å². The molecule has 0 fully saturated rings. The van der Waals surface area contributed by atoms with Gasteiger partial charge < -0.3 is 9.47 Å². The Bertz CT molecular complexity index is 4540. The van der Waals surface area contributed by atoms with Crippen molar-refractivity contribution in [3.63, 3.8) is 0 Å². The Morgan fingerprint density at radius 1 is 0.316 bits per heavy atom. The van der Waals surface area contributed by atoms with E-state index in [1.54, 1.807) is 0 Å². The molecule has 3 aliphatic carbocycles. The minimum Gasteiger partial charge on any atom is -0.310 e. The number of fused-ring (bicyclic) bond motifs is 18. The normalized spacial score (nSPS) is 15.1. The zero-order valence-electron chi connectivity index (χ0n) is 42.3. The fraction of sp³-hybridized carbons (Fsp3) is 0.0541. The van der Waals surface area contributed by atoms with E-state index in [-0.39, 0.29) is 5.41 Å². The number of hydrogen-bond acceptors (Lipinski definition) is 1. The zero-order valence-corrected chi connectivity index (χ0v) is 42.3. The van der Waals surface area contributed by atoms with Gasteiger partial charge in [-0.05, 0) is 160 Å². The summed E-state index contributed by atoms with van der Waals surface area (Å²) < 4.78 is 2.40. The number of para-hydroxylation sites is 2. The van der Waals surface area contributed by atoms with Gasteiger partial charge in [0.1, 0.15) is 0 Å². The van der Waals surface area contributed by atoms with Gasteiger partial charge in [-0.3, -0.25) is 0 Å². The second-order valence-corrected chi connectivity index (χ2v) is 21.5. The number of benzene rings is 12. The third kappa shape index (κ3) is 5.87. The van der Waals surface area contributed by atoms with Crippen LogP contribution in [0, 0.1) is 0 Å². The average Bonchev–Trinajstić information content (AvgIpc) is 4.35. The quantitative estimate of drug-likeness (QED) is 0.161. The van der Waals surface area contributed by atoms with Crippen LogP contribution in [-0.2, 0) is 10.8 Å². The van der Waals surface area contributed by atoms with Crippen LogP contribution in [0.2, 0.25) is 0 Å². The summed E-state index contributed by atoms with van der Waals surface area (Å²) in [4.78, 5) is 2.45. The second kappa shape index (κ2) is 16.0. The number of rotatable bonds is 6. The maximum absolute atomic E-state index is 2.45. The molecule has 0 saturated heterocycles. The van der Waals surface area contributed by atoms with E-state index < -0.39 is 5.41 Å². The van der Waals surface area contributed by atoms with Gasteiger partial charge in [0, 0.05) is 38.9 Å². The van der Waals surface area contributed by atoms with Crippen LogP contribution in [0.3, 0.4) is 0 Å². The number of hydrogen-bond donors (Lipinski definition) is 0. The Labute approximate surface area is 443 Å². The molecule has 1 spiro atoms. The van der Waals surface area contributed by atoms with Crippen molar-refractivity contribution in [3.8, 4) is 61.3 Å². The molecule has 76 heavy (non-hydrogen) atoms. The molecule has 356 valence electrons. The molecule has 1 atom stereocenters. The lowest BCUT2D eigenvalue weighted by molar-refractivity contribution is 0.660. The van der Waals surface area contributed by atoms with Crippen molar-refractivity contribution in [3.05, 3.63) is 300 Å². The molecule has 0 bridgehead atoms. The Kier molecular flexibility index (Phi) is 9.04. The molecular formula is C74H50N2. The number of aromatic nitrogens is 1. The summed E-state index contributed by atoms with van der Waals surface area (Å²) >= 11 is 0. The van der Waals surface area contributed by atoms with Crippen molar-refractivity contribution >= 4 is 49.6 Å². The molecule has 13 aromatic rings. The molecule has 3 aliphatic rings. The summed E-state index contributed by atoms with van der Waals surface area (Å²) in [5.41, 5.74) is 27.2. The van der Waals surface area contributed by atoms with Crippen LogP contribution in [0.5, 0.6) is 0 Å². The Balaban J connectivity index is 0.846. The molecule has 1 aromatic heterocycles. The summed E-state index contributed by atoms with van der Waals surface area (Å²) in [6.45, 7) is 4.74. The maximum Gasteiger partial charge on any atom is 0.0731 e. The highest BCUT2D eigenvalue weighted by Crippen LogP contribution is 2.65. The summed E-state index contributed by atoms with van der Waals surface area (Å²) in [7, 11) is 0. The highest BCUT2D eigenvalue weighted by atomic mass is 15.1. The highest BCUT2D eigenvalue weighted by Gasteiger charge is 2.53. The van der Waals surface area contributed by atoms with E-state index in [0.717, 1.165) is 22.7 Å². The molecule has 2 heteroatoms. The van der Waals surface area contributed by atoms with Gasteiger partial charge in [0.2, 0.25) is 0 Å². The molecule has 0 amide bonds. The van der Waals surface area contributed by atoms with Gasteiger partial charge >= 0.3 is 0 Å². The standard InChI is InChI=1S/C74H50N2/c1-73(2)64-27-12-8-21-57(64)59-43-41-54(46-68(59)73)75(52-37-31-47(32-38-52)50-35-42-61-60-23-11-15-30-69(60)76(70(61)45-50)51-18-4-3-5-19-51)53-39-33-49(34-40-53)56-25-16-26-62-58-22-9-13-28-65(58)74(72(56)62)66-29-14-10-24-63(66)71-55-20-7-6-17-48(55)36-44-67(71)74/h3-46H,1-2H3. The van der Waals surface area contributed by atoms with Crippen molar-refractivity contribution in [2.75, 3.05) is 4.90 Å². The molecule has 16 rings (SSSR count). The van der Waals surface area contributed by atoms with Gasteiger partial charge in [0.15, 0.2) is 0 Å². The van der Waals surface area contributed by atoms with Crippen LogP contribution in [0.1, 0.15) is 47.2 Å². The first-order chi connectivity index (χ1) is 37.5. The molecule has 0 saturated carbocycles. The molecule has 1 unspecified atom stereocenters. The van der Waals surface area contributed by atoms with Crippen LogP contribution < -0.4 is 4.90 Å². The topological polar surface area (TPSA) is 8.17 Å². The zero-order chi connectivity index (χ0) is 50.3. The largest absolute Gasteiger partial charge is 0.310 e. The van der Waals surface area contributed by atoms with Crippen molar-refractivity contribution < 1.29 is 0 Å². The molecule has 1 heterocycles. The van der Waals surface area contributed by atoms with Crippen LogP contribution in [0.15, 0.2) is 267 Å². The molecule has 0 N–H and O–H groups in total. The first-order valence-electron chi connectivity index (χ1n) is 26.7. The fourth-order valence-electron chi connectivity index (χ4n) is 14.1. The smallest absolute Gasteiger partial charge is 0.0731 e. The average molecular weight is 967 g/mol. The maximum atomic E-state index is 2.45. The lowest BCUT2D eigenvalue weighted by atomic mass is 9.68. The van der Waals surface area contributed by atoms with E-state index in [2.05, 4.69) is 290 Å². The van der Waals surface area contributed by atoms with Crippen LogP contribution in [0.25, 0.3) is 93.9 Å². The Hall–Kier alpha value is -9.50. The van der Waals surface area contributed by atoms with Gasteiger partial charge in [-0.25, -0.2) is 0 Å². The van der Waals surface area contributed by atoms with Gasteiger partial charge in [-0.2, -0.15) is 0 Å². The highest BCUT2D eigenvalue weighted by molar-refractivity contribution is 6.11. The molecule has 12 aromatic carbocycles. The third-order valence-electron chi connectivity index (χ3n) is 17.4.